The summed E-state index contributed by atoms with van der Waals surface area (Å²) >= 11 is 0. The summed E-state index contributed by atoms with van der Waals surface area (Å²) in [6.45, 7) is 1.96. The van der Waals surface area contributed by atoms with E-state index < -0.39 is 18.1 Å². The number of primary amides is 1. The van der Waals surface area contributed by atoms with Crippen molar-refractivity contribution in [2.24, 2.45) is 5.73 Å². The molecule has 0 aliphatic carbocycles. The summed E-state index contributed by atoms with van der Waals surface area (Å²) in [4.78, 5) is 22.1. The molecule has 2 N–H and O–H groups in total. The molecule has 0 bridgehead atoms. The predicted octanol–water partition coefficient (Wildman–Crippen LogP) is 1.11. The van der Waals surface area contributed by atoms with Gasteiger partial charge >= 0.3 is 0 Å². The van der Waals surface area contributed by atoms with E-state index in [2.05, 4.69) is 0 Å². The third-order valence-corrected chi connectivity index (χ3v) is 2.32. The molecule has 88 valence electrons. The first-order valence-corrected chi connectivity index (χ1v) is 5.40. The second-order valence-electron chi connectivity index (χ2n) is 3.66. The van der Waals surface area contributed by atoms with Crippen molar-refractivity contribution in [2.75, 3.05) is 0 Å². The predicted molar refractivity (Wildman–Crippen MR) is 60.7 cm³/mol. The van der Waals surface area contributed by atoms with Crippen LogP contribution in [0.5, 0.6) is 0 Å². The summed E-state index contributed by atoms with van der Waals surface area (Å²) in [6, 6.07) is 0. The molecule has 1 unspecified atom stereocenters. The molecule has 0 radical (unpaired) electrons. The van der Waals surface area contributed by atoms with Gasteiger partial charge in [-0.3, -0.25) is 9.59 Å². The number of allylic oxidation sites excluding steroid dienone is 4. The van der Waals surface area contributed by atoms with E-state index in [1.54, 1.807) is 0 Å². The largest absolute Gasteiger partial charge is 0.367 e. The Kier molecular flexibility index (Phi) is 4.92. The highest BCUT2D eigenvalue weighted by molar-refractivity contribution is 5.95. The number of rotatable bonds is 7. The lowest BCUT2D eigenvalue weighted by Gasteiger charge is -1.92. The van der Waals surface area contributed by atoms with Gasteiger partial charge in [0.2, 0.25) is 5.91 Å². The number of carbonyl (C=O) groups excluding carboxylic acids is 2. The molecule has 2 atom stereocenters. The van der Waals surface area contributed by atoms with E-state index in [1.807, 2.05) is 31.2 Å². The Labute approximate surface area is 95.1 Å². The summed E-state index contributed by atoms with van der Waals surface area (Å²) in [5, 5.41) is 0. The highest BCUT2D eigenvalue weighted by Crippen LogP contribution is 2.24. The van der Waals surface area contributed by atoms with Crippen LogP contribution in [0, 0.1) is 0 Å². The highest BCUT2D eigenvalue weighted by atomic mass is 16.6. The van der Waals surface area contributed by atoms with Crippen molar-refractivity contribution in [1.29, 1.82) is 0 Å². The monoisotopic (exact) mass is 223 g/mol. The van der Waals surface area contributed by atoms with Crippen LogP contribution in [-0.2, 0) is 14.3 Å². The van der Waals surface area contributed by atoms with Gasteiger partial charge in [-0.1, -0.05) is 24.3 Å². The normalized spacial score (nSPS) is 24.1. The van der Waals surface area contributed by atoms with Gasteiger partial charge < -0.3 is 10.5 Å². The lowest BCUT2D eigenvalue weighted by molar-refractivity contribution is -0.121. The number of Topliss-reactive ketones (excluding diaryl/α,β-unsaturated/α-hetero) is 1. The molecule has 0 aromatic rings. The van der Waals surface area contributed by atoms with Crippen molar-refractivity contribution < 1.29 is 14.3 Å². The zero-order valence-corrected chi connectivity index (χ0v) is 9.39. The van der Waals surface area contributed by atoms with Crippen LogP contribution in [0.25, 0.3) is 0 Å². The van der Waals surface area contributed by atoms with E-state index >= 15 is 0 Å². The molecule has 4 nitrogen and oxygen atoms in total. The summed E-state index contributed by atoms with van der Waals surface area (Å²) in [5.41, 5.74) is 5.00. The molecule has 0 spiro atoms. The first-order chi connectivity index (χ1) is 7.66. The first kappa shape index (κ1) is 12.6. The minimum Gasteiger partial charge on any atom is -0.367 e. The van der Waals surface area contributed by atoms with Crippen molar-refractivity contribution in [3.8, 4) is 0 Å². The molecule has 1 heterocycles. The summed E-state index contributed by atoms with van der Waals surface area (Å²) in [5.74, 6) is -0.596. The fraction of sp³-hybridized carbons (Fsp3) is 0.500. The van der Waals surface area contributed by atoms with Gasteiger partial charge in [0.15, 0.2) is 18.0 Å². The highest BCUT2D eigenvalue weighted by Gasteiger charge is 2.48. The molecule has 1 aliphatic rings. The average Bonchev–Trinajstić information content (AvgIpc) is 3.02. The van der Waals surface area contributed by atoms with Crippen molar-refractivity contribution in [3.05, 3.63) is 24.3 Å². The van der Waals surface area contributed by atoms with Crippen molar-refractivity contribution in [2.45, 2.75) is 38.4 Å². The summed E-state index contributed by atoms with van der Waals surface area (Å²) in [6.07, 6.45) is 8.68. The zero-order chi connectivity index (χ0) is 12.0. The van der Waals surface area contributed by atoms with E-state index in [0.29, 0.717) is 12.8 Å². The number of hydrogen-bond acceptors (Lipinski definition) is 3. The molecule has 1 fully saturated rings. The van der Waals surface area contributed by atoms with E-state index in [-0.39, 0.29) is 5.78 Å². The van der Waals surface area contributed by atoms with Crippen LogP contribution in [0.15, 0.2) is 24.3 Å². The van der Waals surface area contributed by atoms with Crippen molar-refractivity contribution in [3.63, 3.8) is 0 Å². The number of ketones is 1. The molecule has 1 amide bonds. The number of epoxide rings is 1. The molecule has 1 saturated heterocycles. The molecule has 0 saturated carbocycles. The Morgan fingerprint density at radius 3 is 2.56 bits per heavy atom. The van der Waals surface area contributed by atoms with Gasteiger partial charge in [-0.25, -0.2) is 0 Å². The first-order valence-electron chi connectivity index (χ1n) is 5.40. The fourth-order valence-electron chi connectivity index (χ4n) is 1.37. The van der Waals surface area contributed by atoms with Gasteiger partial charge in [0.1, 0.15) is 0 Å². The number of amides is 1. The Hall–Kier alpha value is -1.42. The standard InChI is InChI=1S/C12H17NO3/c1-2-3-4-5-6-7-8-9(14)10-11(16-10)12(13)15/h2-3,5-6,10-11H,4,7-8H2,1H3,(H2,13,15)/t10-,11?/m0/s1. The maximum absolute atomic E-state index is 11.4. The Morgan fingerprint density at radius 1 is 1.25 bits per heavy atom. The van der Waals surface area contributed by atoms with Gasteiger partial charge in [0.05, 0.1) is 0 Å². The third-order valence-electron chi connectivity index (χ3n) is 2.32. The van der Waals surface area contributed by atoms with Crippen LogP contribution >= 0.6 is 0 Å². The number of hydrogen-bond donors (Lipinski definition) is 1. The van der Waals surface area contributed by atoms with Gasteiger partial charge in [0, 0.05) is 6.42 Å². The molecule has 4 heteroatoms. The van der Waals surface area contributed by atoms with E-state index in [1.165, 1.54) is 0 Å². The SMILES string of the molecule is CC=CCC=CCCC(=O)[C@@H]1OC1C(N)=O. The Morgan fingerprint density at radius 2 is 2.00 bits per heavy atom. The smallest absolute Gasteiger partial charge is 0.249 e. The topological polar surface area (TPSA) is 72.7 Å². The van der Waals surface area contributed by atoms with Crippen LogP contribution in [-0.4, -0.2) is 23.9 Å². The zero-order valence-electron chi connectivity index (χ0n) is 9.39. The number of nitrogens with two attached hydrogens (primary N) is 1. The Balaban J connectivity index is 2.12. The van der Waals surface area contributed by atoms with Crippen LogP contribution in [0.3, 0.4) is 0 Å². The number of ether oxygens (including phenoxy) is 1. The van der Waals surface area contributed by atoms with Gasteiger partial charge in [-0.05, 0) is 19.8 Å². The molecule has 0 aromatic heterocycles. The van der Waals surface area contributed by atoms with Gasteiger partial charge in [-0.15, -0.1) is 0 Å². The molecule has 0 aromatic carbocycles. The number of carbonyl (C=O) groups is 2. The van der Waals surface area contributed by atoms with E-state index in [9.17, 15) is 9.59 Å². The van der Waals surface area contributed by atoms with Gasteiger partial charge in [0.25, 0.3) is 0 Å². The molecule has 16 heavy (non-hydrogen) atoms. The minimum atomic E-state index is -0.681. The molecule has 1 aliphatic heterocycles. The minimum absolute atomic E-state index is 0.0421. The lowest BCUT2D eigenvalue weighted by Crippen LogP contribution is -2.22. The molecule has 1 rings (SSSR count). The lowest BCUT2D eigenvalue weighted by atomic mass is 10.1. The summed E-state index contributed by atoms with van der Waals surface area (Å²) < 4.78 is 4.88. The molecular formula is C12H17NO3. The average molecular weight is 223 g/mol. The quantitative estimate of drug-likeness (QED) is 0.519. The van der Waals surface area contributed by atoms with Crippen molar-refractivity contribution >= 4 is 11.7 Å². The Bertz CT molecular complexity index is 320. The van der Waals surface area contributed by atoms with Crippen LogP contribution < -0.4 is 5.73 Å². The van der Waals surface area contributed by atoms with Crippen LogP contribution in [0.4, 0.5) is 0 Å². The maximum atomic E-state index is 11.4. The van der Waals surface area contributed by atoms with Crippen LogP contribution in [0.2, 0.25) is 0 Å². The third kappa shape index (κ3) is 3.98. The van der Waals surface area contributed by atoms with E-state index in [0.717, 1.165) is 6.42 Å². The van der Waals surface area contributed by atoms with E-state index in [4.69, 9.17) is 10.5 Å². The second-order valence-corrected chi connectivity index (χ2v) is 3.66. The van der Waals surface area contributed by atoms with Crippen molar-refractivity contribution in [1.82, 2.24) is 0 Å². The summed E-state index contributed by atoms with van der Waals surface area (Å²) in [7, 11) is 0. The maximum Gasteiger partial charge on any atom is 0.249 e. The van der Waals surface area contributed by atoms with Gasteiger partial charge in [-0.2, -0.15) is 0 Å². The second kappa shape index (κ2) is 6.23. The fourth-order valence-corrected chi connectivity index (χ4v) is 1.37. The molecular weight excluding hydrogens is 206 g/mol. The van der Waals surface area contributed by atoms with Crippen LogP contribution in [0.1, 0.15) is 26.2 Å².